The predicted octanol–water partition coefficient (Wildman–Crippen LogP) is 2.02. The van der Waals surface area contributed by atoms with Gasteiger partial charge in [0, 0.05) is 5.38 Å². The van der Waals surface area contributed by atoms with Gasteiger partial charge in [0.2, 0.25) is 10.0 Å². The molecule has 0 aliphatic heterocycles. The summed E-state index contributed by atoms with van der Waals surface area (Å²) in [7, 11) is -3.49. The van der Waals surface area contributed by atoms with Crippen molar-refractivity contribution >= 4 is 27.3 Å². The first kappa shape index (κ1) is 16.6. The van der Waals surface area contributed by atoms with Gasteiger partial charge >= 0.3 is 5.97 Å². The zero-order chi connectivity index (χ0) is 16.2. The second kappa shape index (κ2) is 6.99. The number of aromatic carboxylic acids is 1. The number of nitrogens with one attached hydrogen (secondary N) is 1. The SMILES string of the molecule is CCc1ccc(CS(=O)(=O)NCc2nc(C(=O)O)cs2)cc1. The Balaban J connectivity index is 1.96. The van der Waals surface area contributed by atoms with Crippen LogP contribution in [0.1, 0.15) is 33.5 Å². The molecule has 1 aromatic heterocycles. The topological polar surface area (TPSA) is 96.4 Å². The number of hydrogen-bond donors (Lipinski definition) is 2. The summed E-state index contributed by atoms with van der Waals surface area (Å²) in [6.45, 7) is 2.03. The Labute approximate surface area is 132 Å². The third-order valence-corrected chi connectivity index (χ3v) is 5.15. The zero-order valence-corrected chi connectivity index (χ0v) is 13.6. The Morgan fingerprint density at radius 2 is 1.91 bits per heavy atom. The van der Waals surface area contributed by atoms with Gasteiger partial charge in [-0.1, -0.05) is 31.2 Å². The van der Waals surface area contributed by atoms with Crippen molar-refractivity contribution in [2.45, 2.75) is 25.6 Å². The molecule has 0 atom stereocenters. The van der Waals surface area contributed by atoms with E-state index in [1.807, 2.05) is 19.1 Å². The quantitative estimate of drug-likeness (QED) is 0.804. The smallest absolute Gasteiger partial charge is 0.355 e. The molecular weight excluding hydrogens is 324 g/mol. The van der Waals surface area contributed by atoms with Gasteiger partial charge in [-0.3, -0.25) is 0 Å². The highest BCUT2D eigenvalue weighted by Crippen LogP contribution is 2.12. The summed E-state index contributed by atoms with van der Waals surface area (Å²) < 4.78 is 26.5. The van der Waals surface area contributed by atoms with E-state index in [1.165, 1.54) is 5.38 Å². The van der Waals surface area contributed by atoms with Gasteiger partial charge in [0.15, 0.2) is 5.69 Å². The molecule has 0 unspecified atom stereocenters. The van der Waals surface area contributed by atoms with Crippen molar-refractivity contribution in [3.63, 3.8) is 0 Å². The molecule has 2 aromatic rings. The Hall–Kier alpha value is -1.77. The first-order valence-electron chi connectivity index (χ1n) is 6.62. The molecule has 2 N–H and O–H groups in total. The molecule has 118 valence electrons. The number of carboxylic acids is 1. The first-order chi connectivity index (χ1) is 10.4. The molecule has 0 saturated heterocycles. The van der Waals surface area contributed by atoms with E-state index in [2.05, 4.69) is 9.71 Å². The van der Waals surface area contributed by atoms with Gasteiger partial charge < -0.3 is 5.11 Å². The summed E-state index contributed by atoms with van der Waals surface area (Å²) in [5.74, 6) is -1.24. The molecule has 0 saturated carbocycles. The van der Waals surface area contributed by atoms with Crippen molar-refractivity contribution in [2.24, 2.45) is 0 Å². The number of thiazole rings is 1. The molecular formula is C14H16N2O4S2. The maximum Gasteiger partial charge on any atom is 0.355 e. The number of carbonyl (C=O) groups is 1. The lowest BCUT2D eigenvalue weighted by molar-refractivity contribution is 0.0691. The Morgan fingerprint density at radius 3 is 2.45 bits per heavy atom. The lowest BCUT2D eigenvalue weighted by atomic mass is 10.1. The number of aromatic nitrogens is 1. The molecule has 22 heavy (non-hydrogen) atoms. The third kappa shape index (κ3) is 4.62. The van der Waals surface area contributed by atoms with Crippen molar-refractivity contribution in [3.8, 4) is 0 Å². The summed E-state index contributed by atoms with van der Waals surface area (Å²) in [6.07, 6.45) is 0.904. The van der Waals surface area contributed by atoms with Gasteiger partial charge in [-0.15, -0.1) is 11.3 Å². The molecule has 0 aliphatic rings. The molecule has 8 heteroatoms. The van der Waals surface area contributed by atoms with Gasteiger partial charge in [0.25, 0.3) is 0 Å². The van der Waals surface area contributed by atoms with Gasteiger partial charge in [-0.05, 0) is 17.5 Å². The average molecular weight is 340 g/mol. The highest BCUT2D eigenvalue weighted by Gasteiger charge is 2.14. The van der Waals surface area contributed by atoms with E-state index in [9.17, 15) is 13.2 Å². The number of hydrogen-bond acceptors (Lipinski definition) is 5. The van der Waals surface area contributed by atoms with Crippen molar-refractivity contribution in [3.05, 3.63) is 51.5 Å². The number of rotatable bonds is 7. The van der Waals surface area contributed by atoms with Crippen LogP contribution in [0.25, 0.3) is 0 Å². The minimum atomic E-state index is -3.49. The second-order valence-electron chi connectivity index (χ2n) is 4.68. The fraction of sp³-hybridized carbons (Fsp3) is 0.286. The molecule has 0 radical (unpaired) electrons. The van der Waals surface area contributed by atoms with Crippen molar-refractivity contribution < 1.29 is 18.3 Å². The average Bonchev–Trinajstić information content (AvgIpc) is 2.95. The van der Waals surface area contributed by atoms with Crippen LogP contribution in [0.5, 0.6) is 0 Å². The molecule has 0 amide bonds. The standard InChI is InChI=1S/C14H16N2O4S2/c1-2-10-3-5-11(6-4-10)9-22(19,20)15-7-13-16-12(8-21-13)14(17)18/h3-6,8,15H,2,7,9H2,1H3,(H,17,18). The molecule has 0 spiro atoms. The van der Waals surface area contributed by atoms with Crippen LogP contribution < -0.4 is 4.72 Å². The largest absolute Gasteiger partial charge is 0.476 e. The lowest BCUT2D eigenvalue weighted by Crippen LogP contribution is -2.24. The highest BCUT2D eigenvalue weighted by molar-refractivity contribution is 7.88. The van der Waals surface area contributed by atoms with Crippen LogP contribution in [-0.4, -0.2) is 24.5 Å². The van der Waals surface area contributed by atoms with Crippen LogP contribution >= 0.6 is 11.3 Å². The van der Waals surface area contributed by atoms with Gasteiger partial charge in [0.1, 0.15) is 5.01 Å². The summed E-state index contributed by atoms with van der Waals surface area (Å²) in [4.78, 5) is 14.5. The zero-order valence-electron chi connectivity index (χ0n) is 11.9. The van der Waals surface area contributed by atoms with Gasteiger partial charge in [0.05, 0.1) is 12.3 Å². The maximum absolute atomic E-state index is 12.0. The van der Waals surface area contributed by atoms with E-state index in [0.717, 1.165) is 23.3 Å². The van der Waals surface area contributed by atoms with E-state index in [0.29, 0.717) is 10.6 Å². The molecule has 2 rings (SSSR count). The number of aryl methyl sites for hydroxylation is 1. The summed E-state index contributed by atoms with van der Waals surface area (Å²) in [6, 6.07) is 7.41. The number of nitrogens with zero attached hydrogens (tertiary/aromatic N) is 1. The second-order valence-corrected chi connectivity index (χ2v) is 7.43. The minimum Gasteiger partial charge on any atom is -0.476 e. The van der Waals surface area contributed by atoms with Crippen LogP contribution in [0.4, 0.5) is 0 Å². The van der Waals surface area contributed by atoms with Crippen molar-refractivity contribution in [2.75, 3.05) is 0 Å². The molecule has 0 bridgehead atoms. The molecule has 0 fully saturated rings. The molecule has 1 heterocycles. The van der Waals surface area contributed by atoms with Crippen LogP contribution in [-0.2, 0) is 28.7 Å². The normalized spacial score (nSPS) is 11.5. The highest BCUT2D eigenvalue weighted by atomic mass is 32.2. The van der Waals surface area contributed by atoms with E-state index < -0.39 is 16.0 Å². The molecule has 6 nitrogen and oxygen atoms in total. The summed E-state index contributed by atoms with van der Waals surface area (Å²) in [5.41, 5.74) is 1.78. The Bertz CT molecular complexity index is 751. The van der Waals surface area contributed by atoms with Crippen LogP contribution in [0.3, 0.4) is 0 Å². The fourth-order valence-corrected chi connectivity index (χ4v) is 3.69. The molecule has 0 aliphatic carbocycles. The summed E-state index contributed by atoms with van der Waals surface area (Å²) in [5, 5.41) is 10.6. The summed E-state index contributed by atoms with van der Waals surface area (Å²) >= 11 is 1.11. The van der Waals surface area contributed by atoms with Crippen LogP contribution in [0, 0.1) is 0 Å². The number of sulfonamides is 1. The Morgan fingerprint density at radius 1 is 1.27 bits per heavy atom. The maximum atomic E-state index is 12.0. The van der Waals surface area contributed by atoms with Crippen molar-refractivity contribution in [1.82, 2.24) is 9.71 Å². The van der Waals surface area contributed by atoms with E-state index in [4.69, 9.17) is 5.11 Å². The van der Waals surface area contributed by atoms with Crippen LogP contribution in [0.15, 0.2) is 29.6 Å². The molecule has 1 aromatic carbocycles. The van der Waals surface area contributed by atoms with Crippen LogP contribution in [0.2, 0.25) is 0 Å². The predicted molar refractivity (Wildman–Crippen MR) is 84.4 cm³/mol. The lowest BCUT2D eigenvalue weighted by Gasteiger charge is -2.06. The number of benzene rings is 1. The third-order valence-electron chi connectivity index (χ3n) is 3.00. The van der Waals surface area contributed by atoms with E-state index >= 15 is 0 Å². The number of carboxylic acid groups (broad SMARTS) is 1. The first-order valence-corrected chi connectivity index (χ1v) is 9.15. The fourth-order valence-electron chi connectivity index (χ4n) is 1.80. The van der Waals surface area contributed by atoms with E-state index in [-0.39, 0.29) is 18.0 Å². The van der Waals surface area contributed by atoms with Gasteiger partial charge in [-0.2, -0.15) is 0 Å². The minimum absolute atomic E-state index is 0.00662. The Kier molecular flexibility index (Phi) is 5.28. The monoisotopic (exact) mass is 340 g/mol. The van der Waals surface area contributed by atoms with E-state index in [1.54, 1.807) is 12.1 Å². The van der Waals surface area contributed by atoms with Crippen molar-refractivity contribution in [1.29, 1.82) is 0 Å². The van der Waals surface area contributed by atoms with Gasteiger partial charge in [-0.25, -0.2) is 22.9 Å².